The standard InChI is InChI=1S/C18H20N2O2S/c21-23(22,20-12-16-10-19-11-17(16)13-20)18-8-4-7-15(9-18)14-5-2-1-3-6-14/h1-9,16-17,19H,10-13H2/t16-,17+. The molecule has 2 aliphatic heterocycles. The Morgan fingerprint density at radius 2 is 1.52 bits per heavy atom. The minimum atomic E-state index is -3.41. The number of fused-ring (bicyclic) bond motifs is 1. The van der Waals surface area contributed by atoms with Gasteiger partial charge in [0.1, 0.15) is 0 Å². The van der Waals surface area contributed by atoms with Crippen LogP contribution in [0.25, 0.3) is 11.1 Å². The molecular formula is C18H20N2O2S. The van der Waals surface area contributed by atoms with Crippen molar-refractivity contribution in [1.29, 1.82) is 0 Å². The van der Waals surface area contributed by atoms with Crippen molar-refractivity contribution in [3.63, 3.8) is 0 Å². The summed E-state index contributed by atoms with van der Waals surface area (Å²) in [5.74, 6) is 0.921. The zero-order valence-electron chi connectivity index (χ0n) is 12.9. The lowest BCUT2D eigenvalue weighted by molar-refractivity contribution is 0.448. The average Bonchev–Trinajstić information content (AvgIpc) is 3.18. The van der Waals surface area contributed by atoms with Crippen LogP contribution >= 0.6 is 0 Å². The number of hydrogen-bond acceptors (Lipinski definition) is 3. The highest BCUT2D eigenvalue weighted by Gasteiger charge is 2.41. The van der Waals surface area contributed by atoms with Gasteiger partial charge in [0.15, 0.2) is 0 Å². The number of benzene rings is 2. The number of hydrogen-bond donors (Lipinski definition) is 1. The lowest BCUT2D eigenvalue weighted by Gasteiger charge is -2.18. The summed E-state index contributed by atoms with van der Waals surface area (Å²) in [6.07, 6.45) is 0. The van der Waals surface area contributed by atoms with Crippen LogP contribution in [0.2, 0.25) is 0 Å². The zero-order chi connectivity index (χ0) is 15.9. The molecule has 0 aromatic heterocycles. The molecule has 2 fully saturated rings. The molecule has 0 saturated carbocycles. The second-order valence-electron chi connectivity index (χ2n) is 6.39. The molecule has 0 spiro atoms. The van der Waals surface area contributed by atoms with Gasteiger partial charge in [-0.25, -0.2) is 8.42 Å². The van der Waals surface area contributed by atoms with Gasteiger partial charge in [-0.05, 0) is 48.2 Å². The Hall–Kier alpha value is -1.69. The van der Waals surface area contributed by atoms with E-state index in [1.807, 2.05) is 42.5 Å². The first-order chi connectivity index (χ1) is 11.1. The van der Waals surface area contributed by atoms with Crippen LogP contribution in [-0.2, 0) is 10.0 Å². The van der Waals surface area contributed by atoms with Crippen LogP contribution in [0.5, 0.6) is 0 Å². The van der Waals surface area contributed by atoms with Crippen molar-refractivity contribution < 1.29 is 8.42 Å². The first-order valence-electron chi connectivity index (χ1n) is 8.01. The van der Waals surface area contributed by atoms with Gasteiger partial charge in [-0.3, -0.25) is 0 Å². The Bertz CT molecular complexity index is 793. The van der Waals surface area contributed by atoms with Gasteiger partial charge in [-0.2, -0.15) is 4.31 Å². The van der Waals surface area contributed by atoms with Crippen LogP contribution in [0.4, 0.5) is 0 Å². The van der Waals surface area contributed by atoms with Crippen LogP contribution < -0.4 is 5.32 Å². The van der Waals surface area contributed by atoms with E-state index in [4.69, 9.17) is 0 Å². The molecule has 2 aromatic carbocycles. The SMILES string of the molecule is O=S(=O)(c1cccc(-c2ccccc2)c1)N1C[C@H]2CNC[C@H]2C1. The first kappa shape index (κ1) is 14.9. The molecular weight excluding hydrogens is 308 g/mol. The van der Waals surface area contributed by atoms with Gasteiger partial charge in [0.05, 0.1) is 4.90 Å². The van der Waals surface area contributed by atoms with E-state index in [1.165, 1.54) is 0 Å². The number of nitrogens with zero attached hydrogens (tertiary/aromatic N) is 1. The van der Waals surface area contributed by atoms with Gasteiger partial charge >= 0.3 is 0 Å². The minimum absolute atomic E-state index is 0.395. The smallest absolute Gasteiger partial charge is 0.243 e. The molecule has 0 radical (unpaired) electrons. The van der Waals surface area contributed by atoms with E-state index in [1.54, 1.807) is 16.4 Å². The summed E-state index contributed by atoms with van der Waals surface area (Å²) in [5.41, 5.74) is 1.97. The summed E-state index contributed by atoms with van der Waals surface area (Å²) in [6, 6.07) is 17.2. The molecule has 1 N–H and O–H groups in total. The second kappa shape index (κ2) is 5.74. The molecule has 120 valence electrons. The third-order valence-electron chi connectivity index (χ3n) is 4.93. The maximum absolute atomic E-state index is 13.0. The Morgan fingerprint density at radius 3 is 2.22 bits per heavy atom. The summed E-state index contributed by atoms with van der Waals surface area (Å²) in [4.78, 5) is 0.395. The van der Waals surface area contributed by atoms with Crippen LogP contribution in [-0.4, -0.2) is 38.9 Å². The number of sulfonamides is 1. The van der Waals surface area contributed by atoms with E-state index in [0.717, 1.165) is 24.2 Å². The predicted octanol–water partition coefficient (Wildman–Crippen LogP) is 2.19. The first-order valence-corrected chi connectivity index (χ1v) is 9.45. The van der Waals surface area contributed by atoms with E-state index in [-0.39, 0.29) is 0 Å². The predicted molar refractivity (Wildman–Crippen MR) is 90.5 cm³/mol. The third-order valence-corrected chi connectivity index (χ3v) is 6.76. The van der Waals surface area contributed by atoms with Crippen molar-refractivity contribution in [3.05, 3.63) is 54.6 Å². The minimum Gasteiger partial charge on any atom is -0.316 e. The van der Waals surface area contributed by atoms with Crippen molar-refractivity contribution in [2.75, 3.05) is 26.2 Å². The van der Waals surface area contributed by atoms with Crippen LogP contribution in [0.3, 0.4) is 0 Å². The zero-order valence-corrected chi connectivity index (χ0v) is 13.7. The quantitative estimate of drug-likeness (QED) is 0.940. The van der Waals surface area contributed by atoms with Gasteiger partial charge in [-0.15, -0.1) is 0 Å². The van der Waals surface area contributed by atoms with Crippen LogP contribution in [0.1, 0.15) is 0 Å². The van der Waals surface area contributed by atoms with Crippen molar-refractivity contribution >= 4 is 10.0 Å². The van der Waals surface area contributed by atoms with E-state index in [9.17, 15) is 8.42 Å². The molecule has 2 aromatic rings. The van der Waals surface area contributed by atoms with Gasteiger partial charge in [0.2, 0.25) is 10.0 Å². The summed E-state index contributed by atoms with van der Waals surface area (Å²) in [5, 5.41) is 3.35. The molecule has 2 aliphatic rings. The highest BCUT2D eigenvalue weighted by molar-refractivity contribution is 7.89. The van der Waals surface area contributed by atoms with Gasteiger partial charge < -0.3 is 5.32 Å². The average molecular weight is 328 g/mol. The van der Waals surface area contributed by atoms with Crippen molar-refractivity contribution in [3.8, 4) is 11.1 Å². The van der Waals surface area contributed by atoms with E-state index in [0.29, 0.717) is 29.8 Å². The van der Waals surface area contributed by atoms with Crippen molar-refractivity contribution in [2.45, 2.75) is 4.90 Å². The molecule has 23 heavy (non-hydrogen) atoms. The van der Waals surface area contributed by atoms with Gasteiger partial charge in [-0.1, -0.05) is 42.5 Å². The van der Waals surface area contributed by atoms with Crippen molar-refractivity contribution in [2.24, 2.45) is 11.8 Å². The normalized spacial score (nSPS) is 24.7. The van der Waals surface area contributed by atoms with Gasteiger partial charge in [0, 0.05) is 13.1 Å². The molecule has 2 heterocycles. The fourth-order valence-corrected chi connectivity index (χ4v) is 5.22. The molecule has 4 nitrogen and oxygen atoms in total. The van der Waals surface area contributed by atoms with E-state index >= 15 is 0 Å². The molecule has 2 atom stereocenters. The Morgan fingerprint density at radius 1 is 0.870 bits per heavy atom. The Balaban J connectivity index is 1.65. The Labute approximate surface area is 137 Å². The van der Waals surface area contributed by atoms with Crippen LogP contribution in [0, 0.1) is 11.8 Å². The summed E-state index contributed by atoms with van der Waals surface area (Å²) < 4.78 is 27.6. The fourth-order valence-electron chi connectivity index (χ4n) is 3.62. The highest BCUT2D eigenvalue weighted by Crippen LogP contribution is 2.32. The van der Waals surface area contributed by atoms with E-state index < -0.39 is 10.0 Å². The topological polar surface area (TPSA) is 49.4 Å². The van der Waals surface area contributed by atoms with E-state index in [2.05, 4.69) is 5.32 Å². The summed E-state index contributed by atoms with van der Waals surface area (Å²) >= 11 is 0. The maximum Gasteiger partial charge on any atom is 0.243 e. The lowest BCUT2D eigenvalue weighted by atomic mass is 10.0. The molecule has 5 heteroatoms. The second-order valence-corrected chi connectivity index (χ2v) is 8.33. The molecule has 0 unspecified atom stereocenters. The molecule has 4 rings (SSSR count). The summed E-state index contributed by atoms with van der Waals surface area (Å²) in [6.45, 7) is 3.13. The fraction of sp³-hybridized carbons (Fsp3) is 0.333. The lowest BCUT2D eigenvalue weighted by Crippen LogP contribution is -2.31. The van der Waals surface area contributed by atoms with Crippen LogP contribution in [0.15, 0.2) is 59.5 Å². The number of nitrogens with one attached hydrogen (secondary N) is 1. The van der Waals surface area contributed by atoms with Crippen molar-refractivity contribution in [1.82, 2.24) is 9.62 Å². The third kappa shape index (κ3) is 2.69. The van der Waals surface area contributed by atoms with Gasteiger partial charge in [0.25, 0.3) is 0 Å². The largest absolute Gasteiger partial charge is 0.316 e. The Kier molecular flexibility index (Phi) is 3.71. The number of rotatable bonds is 3. The summed E-state index contributed by atoms with van der Waals surface area (Å²) in [7, 11) is -3.41. The molecule has 0 aliphatic carbocycles. The highest BCUT2D eigenvalue weighted by atomic mass is 32.2. The molecule has 2 saturated heterocycles. The monoisotopic (exact) mass is 328 g/mol. The molecule has 0 amide bonds. The molecule has 0 bridgehead atoms. The maximum atomic E-state index is 13.0.